The van der Waals surface area contributed by atoms with E-state index in [1.54, 1.807) is 6.08 Å². The third kappa shape index (κ3) is 4.33. The molecule has 1 aromatic rings. The topological polar surface area (TPSA) is 109 Å². The number of rotatable bonds is 6. The molecule has 1 unspecified atom stereocenters. The third-order valence-electron chi connectivity index (χ3n) is 4.68. The van der Waals surface area contributed by atoms with Crippen molar-refractivity contribution in [2.75, 3.05) is 7.11 Å². The SMILES string of the molecule is COC(=O)CCCC1=CC2=CC(=O)C(C)(OC(=O)c3ccc(Cl)nc3)C(=O)C2=CO1. The van der Waals surface area contributed by atoms with Gasteiger partial charge in [-0.15, -0.1) is 0 Å². The van der Waals surface area contributed by atoms with E-state index in [9.17, 15) is 19.2 Å². The van der Waals surface area contributed by atoms with Gasteiger partial charge in [0, 0.05) is 19.0 Å². The lowest BCUT2D eigenvalue weighted by molar-refractivity contribution is -0.145. The fraction of sp³-hybridized carbons (Fsp3) is 0.286. The van der Waals surface area contributed by atoms with Gasteiger partial charge in [-0.1, -0.05) is 11.6 Å². The number of hydrogen-bond acceptors (Lipinski definition) is 8. The van der Waals surface area contributed by atoms with Crippen LogP contribution in [0, 0.1) is 0 Å². The molecule has 0 fully saturated rings. The summed E-state index contributed by atoms with van der Waals surface area (Å²) in [5.74, 6) is -2.07. The average molecular weight is 432 g/mol. The maximum atomic E-state index is 12.9. The summed E-state index contributed by atoms with van der Waals surface area (Å²) >= 11 is 5.70. The Morgan fingerprint density at radius 2 is 2.00 bits per heavy atom. The first kappa shape index (κ1) is 21.4. The number of pyridine rings is 1. The smallest absolute Gasteiger partial charge is 0.341 e. The highest BCUT2D eigenvalue weighted by Gasteiger charge is 2.49. The zero-order chi connectivity index (χ0) is 21.9. The van der Waals surface area contributed by atoms with Gasteiger partial charge in [0.25, 0.3) is 0 Å². The Labute approximate surface area is 177 Å². The van der Waals surface area contributed by atoms with Crippen LogP contribution in [0.1, 0.15) is 36.5 Å². The number of esters is 2. The molecular formula is C21H18ClNO7. The molecule has 1 aromatic heterocycles. The van der Waals surface area contributed by atoms with Crippen LogP contribution >= 0.6 is 11.6 Å². The molecule has 1 aliphatic carbocycles. The summed E-state index contributed by atoms with van der Waals surface area (Å²) in [7, 11) is 1.31. The Kier molecular flexibility index (Phi) is 6.17. The lowest BCUT2D eigenvalue weighted by atomic mass is 9.80. The molecule has 2 aliphatic rings. The Balaban J connectivity index is 1.76. The Hall–Kier alpha value is -3.26. The van der Waals surface area contributed by atoms with E-state index in [2.05, 4.69) is 9.72 Å². The monoisotopic (exact) mass is 431 g/mol. The average Bonchev–Trinajstić information content (AvgIpc) is 2.72. The summed E-state index contributed by atoms with van der Waals surface area (Å²) in [4.78, 5) is 53.0. The molecule has 2 heterocycles. The third-order valence-corrected chi connectivity index (χ3v) is 4.91. The molecule has 0 amide bonds. The zero-order valence-corrected chi connectivity index (χ0v) is 17.0. The second kappa shape index (κ2) is 8.62. The van der Waals surface area contributed by atoms with Crippen molar-refractivity contribution in [3.8, 4) is 0 Å². The van der Waals surface area contributed by atoms with Gasteiger partial charge in [-0.2, -0.15) is 0 Å². The van der Waals surface area contributed by atoms with Gasteiger partial charge >= 0.3 is 11.9 Å². The zero-order valence-electron chi connectivity index (χ0n) is 16.3. The first-order valence-electron chi connectivity index (χ1n) is 9.05. The molecule has 0 spiro atoms. The maximum Gasteiger partial charge on any atom is 0.341 e. The quantitative estimate of drug-likeness (QED) is 0.384. The fourth-order valence-corrected chi connectivity index (χ4v) is 3.03. The van der Waals surface area contributed by atoms with Crippen molar-refractivity contribution >= 4 is 35.1 Å². The van der Waals surface area contributed by atoms with Crippen LogP contribution < -0.4 is 0 Å². The standard InChI is InChI=1S/C21H18ClNO7/c1-21(30-20(27)12-6-7-17(22)23-10-12)16(24)9-13-8-14(4-3-5-18(25)28-2)29-11-15(13)19(21)26/h6-11H,3-5H2,1-2H3. The van der Waals surface area contributed by atoms with Crippen LogP contribution in [0.2, 0.25) is 5.15 Å². The number of allylic oxidation sites excluding steroid dienone is 3. The van der Waals surface area contributed by atoms with Crippen molar-refractivity contribution in [1.82, 2.24) is 4.98 Å². The molecule has 0 saturated heterocycles. The first-order valence-corrected chi connectivity index (χ1v) is 9.43. The predicted molar refractivity (Wildman–Crippen MR) is 104 cm³/mol. The molecule has 1 aliphatic heterocycles. The number of Topliss-reactive ketones (excluding diaryl/α,β-unsaturated/α-hetero) is 1. The number of fused-ring (bicyclic) bond motifs is 1. The number of aromatic nitrogens is 1. The highest BCUT2D eigenvalue weighted by Crippen LogP contribution is 2.34. The fourth-order valence-electron chi connectivity index (χ4n) is 2.92. The molecule has 0 radical (unpaired) electrons. The number of methoxy groups -OCH3 is 1. The number of ketones is 2. The Morgan fingerprint density at radius 1 is 1.23 bits per heavy atom. The lowest BCUT2D eigenvalue weighted by Crippen LogP contribution is -2.50. The van der Waals surface area contributed by atoms with Gasteiger partial charge in [-0.3, -0.25) is 14.4 Å². The van der Waals surface area contributed by atoms with Crippen LogP contribution in [-0.4, -0.2) is 41.2 Å². The van der Waals surface area contributed by atoms with Crippen molar-refractivity contribution < 1.29 is 33.4 Å². The van der Waals surface area contributed by atoms with Crippen molar-refractivity contribution in [2.45, 2.75) is 31.8 Å². The van der Waals surface area contributed by atoms with Gasteiger partial charge in [-0.05, 0) is 43.2 Å². The highest BCUT2D eigenvalue weighted by molar-refractivity contribution is 6.29. The number of hydrogen-bond donors (Lipinski definition) is 0. The molecule has 0 aromatic carbocycles. The van der Waals surface area contributed by atoms with Crippen LogP contribution in [0.15, 0.2) is 53.6 Å². The Bertz CT molecular complexity index is 1010. The van der Waals surface area contributed by atoms with Crippen LogP contribution in [-0.2, 0) is 28.6 Å². The van der Waals surface area contributed by atoms with E-state index >= 15 is 0 Å². The van der Waals surface area contributed by atoms with Gasteiger partial charge in [0.15, 0.2) is 0 Å². The lowest BCUT2D eigenvalue weighted by Gasteiger charge is -2.31. The van der Waals surface area contributed by atoms with Crippen molar-refractivity contribution in [1.29, 1.82) is 0 Å². The number of ether oxygens (including phenoxy) is 3. The van der Waals surface area contributed by atoms with E-state index in [-0.39, 0.29) is 28.7 Å². The number of halogens is 1. The molecule has 0 bridgehead atoms. The largest absolute Gasteiger partial charge is 0.469 e. The first-order chi connectivity index (χ1) is 14.2. The van der Waals surface area contributed by atoms with Crippen LogP contribution in [0.25, 0.3) is 0 Å². The number of carbonyl (C=O) groups excluding carboxylic acids is 4. The van der Waals surface area contributed by atoms with Crippen LogP contribution in [0.4, 0.5) is 0 Å². The minimum atomic E-state index is -2.02. The Morgan fingerprint density at radius 3 is 2.67 bits per heavy atom. The molecule has 9 heteroatoms. The molecular weight excluding hydrogens is 414 g/mol. The minimum Gasteiger partial charge on any atom is -0.469 e. The van der Waals surface area contributed by atoms with E-state index in [0.29, 0.717) is 24.2 Å². The van der Waals surface area contributed by atoms with E-state index in [4.69, 9.17) is 21.1 Å². The summed E-state index contributed by atoms with van der Waals surface area (Å²) < 4.78 is 15.3. The number of nitrogens with zero attached hydrogens (tertiary/aromatic N) is 1. The maximum absolute atomic E-state index is 12.9. The van der Waals surface area contributed by atoms with Gasteiger partial charge in [-0.25, -0.2) is 9.78 Å². The van der Waals surface area contributed by atoms with Crippen LogP contribution in [0.3, 0.4) is 0 Å². The van der Waals surface area contributed by atoms with Gasteiger partial charge in [0.1, 0.15) is 17.2 Å². The predicted octanol–water partition coefficient (Wildman–Crippen LogP) is 2.87. The normalized spacial score (nSPS) is 20.3. The molecule has 8 nitrogen and oxygen atoms in total. The van der Waals surface area contributed by atoms with E-state index < -0.39 is 23.1 Å². The summed E-state index contributed by atoms with van der Waals surface area (Å²) in [6, 6.07) is 2.78. The molecule has 30 heavy (non-hydrogen) atoms. The summed E-state index contributed by atoms with van der Waals surface area (Å²) in [5, 5.41) is 0.189. The summed E-state index contributed by atoms with van der Waals surface area (Å²) in [6.45, 7) is 1.24. The number of carbonyl (C=O) groups is 4. The molecule has 0 N–H and O–H groups in total. The summed E-state index contributed by atoms with van der Waals surface area (Å²) in [6.07, 6.45) is 6.35. The van der Waals surface area contributed by atoms with E-state index in [1.165, 1.54) is 44.7 Å². The van der Waals surface area contributed by atoms with Gasteiger partial charge in [0.2, 0.25) is 17.2 Å². The van der Waals surface area contributed by atoms with Gasteiger partial charge in [0.05, 0.1) is 18.2 Å². The second-order valence-electron chi connectivity index (χ2n) is 6.78. The molecule has 0 saturated carbocycles. The van der Waals surface area contributed by atoms with Crippen LogP contribution in [0.5, 0.6) is 0 Å². The van der Waals surface area contributed by atoms with Crippen molar-refractivity contribution in [3.05, 3.63) is 64.4 Å². The summed E-state index contributed by atoms with van der Waals surface area (Å²) in [5.41, 5.74) is -1.48. The molecule has 156 valence electrons. The second-order valence-corrected chi connectivity index (χ2v) is 7.16. The van der Waals surface area contributed by atoms with Crippen molar-refractivity contribution in [2.24, 2.45) is 0 Å². The van der Waals surface area contributed by atoms with Gasteiger partial charge < -0.3 is 14.2 Å². The van der Waals surface area contributed by atoms with E-state index in [0.717, 1.165) is 0 Å². The molecule has 3 rings (SSSR count). The van der Waals surface area contributed by atoms with E-state index in [1.807, 2.05) is 0 Å². The minimum absolute atomic E-state index is 0.0534. The highest BCUT2D eigenvalue weighted by atomic mass is 35.5. The van der Waals surface area contributed by atoms with Crippen molar-refractivity contribution in [3.63, 3.8) is 0 Å². The molecule has 1 atom stereocenters.